The molecule has 2 atom stereocenters. The van der Waals surface area contributed by atoms with E-state index in [-0.39, 0.29) is 12.7 Å². The third kappa shape index (κ3) is 1.57. The van der Waals surface area contributed by atoms with Gasteiger partial charge in [-0.2, -0.15) is 13.2 Å². The molecule has 0 fully saturated rings. The van der Waals surface area contributed by atoms with Crippen LogP contribution in [0.5, 0.6) is 0 Å². The minimum atomic E-state index is -4.35. The van der Waals surface area contributed by atoms with Crippen LogP contribution in [0, 0.1) is 5.92 Å². The van der Waals surface area contributed by atoms with Gasteiger partial charge in [0.05, 0.1) is 12.7 Å². The molecule has 76 valence electrons. The van der Waals surface area contributed by atoms with Gasteiger partial charge in [0, 0.05) is 18.3 Å². The number of halogens is 3. The van der Waals surface area contributed by atoms with Crippen molar-refractivity contribution in [2.24, 2.45) is 15.9 Å². The highest BCUT2D eigenvalue weighted by atomic mass is 19.4. The number of hydrogen-bond donors (Lipinski definition) is 1. The third-order valence-electron chi connectivity index (χ3n) is 2.20. The standard InChI is InChI=1S/C8H8F3N3/c9-8(10,11)7-5-1-2-12-3-6(5)13-4-14-7/h1-3,5-6,13H,4H2. The predicted molar refractivity (Wildman–Crippen MR) is 46.4 cm³/mol. The van der Waals surface area contributed by atoms with Gasteiger partial charge in [-0.3, -0.25) is 15.3 Å². The van der Waals surface area contributed by atoms with Gasteiger partial charge >= 0.3 is 6.18 Å². The number of nitrogens with zero attached hydrogens (tertiary/aromatic N) is 2. The molecule has 0 amide bonds. The fraction of sp³-hybridized carbons (Fsp3) is 0.500. The second-order valence-electron chi connectivity index (χ2n) is 3.09. The van der Waals surface area contributed by atoms with E-state index < -0.39 is 17.8 Å². The van der Waals surface area contributed by atoms with Crippen molar-refractivity contribution in [1.82, 2.24) is 5.32 Å². The Hall–Kier alpha value is -1.17. The number of nitrogens with one attached hydrogen (secondary N) is 1. The van der Waals surface area contributed by atoms with Crippen LogP contribution in [0.1, 0.15) is 0 Å². The van der Waals surface area contributed by atoms with Crippen LogP contribution in [-0.2, 0) is 0 Å². The zero-order valence-electron chi connectivity index (χ0n) is 7.12. The highest BCUT2D eigenvalue weighted by Crippen LogP contribution is 2.27. The molecule has 2 aliphatic heterocycles. The van der Waals surface area contributed by atoms with Crippen LogP contribution in [0.15, 0.2) is 22.3 Å². The first-order valence-corrected chi connectivity index (χ1v) is 4.14. The molecule has 3 nitrogen and oxygen atoms in total. The van der Waals surface area contributed by atoms with E-state index in [2.05, 4.69) is 15.3 Å². The Kier molecular flexibility index (Phi) is 2.14. The maximum absolute atomic E-state index is 12.5. The molecule has 0 radical (unpaired) electrons. The predicted octanol–water partition coefficient (Wildman–Crippen LogP) is 1.13. The van der Waals surface area contributed by atoms with Crippen molar-refractivity contribution in [3.63, 3.8) is 0 Å². The summed E-state index contributed by atoms with van der Waals surface area (Å²) in [6, 6.07) is -0.380. The first-order valence-electron chi connectivity index (χ1n) is 4.14. The smallest absolute Gasteiger partial charge is 0.290 e. The number of aliphatic imine (C=N–C) groups is 2. The van der Waals surface area contributed by atoms with Crippen molar-refractivity contribution >= 4 is 11.9 Å². The monoisotopic (exact) mass is 203 g/mol. The molecule has 2 unspecified atom stereocenters. The molecule has 0 bridgehead atoms. The van der Waals surface area contributed by atoms with E-state index in [4.69, 9.17) is 0 Å². The largest absolute Gasteiger partial charge is 0.429 e. The number of alkyl halides is 3. The fourth-order valence-corrected chi connectivity index (χ4v) is 1.56. The molecule has 6 heteroatoms. The molecule has 0 aromatic carbocycles. The fourth-order valence-electron chi connectivity index (χ4n) is 1.56. The molecule has 0 spiro atoms. The van der Waals surface area contributed by atoms with Crippen LogP contribution in [0.3, 0.4) is 0 Å². The van der Waals surface area contributed by atoms with Gasteiger partial charge in [-0.25, -0.2) is 0 Å². The van der Waals surface area contributed by atoms with Crippen molar-refractivity contribution in [1.29, 1.82) is 0 Å². The van der Waals surface area contributed by atoms with E-state index in [1.807, 2.05) is 0 Å². The second kappa shape index (κ2) is 3.20. The Morgan fingerprint density at radius 1 is 1.43 bits per heavy atom. The van der Waals surface area contributed by atoms with Gasteiger partial charge < -0.3 is 0 Å². The molecular weight excluding hydrogens is 195 g/mol. The molecular formula is C8H8F3N3. The molecule has 0 aromatic rings. The van der Waals surface area contributed by atoms with Crippen molar-refractivity contribution in [2.75, 3.05) is 6.67 Å². The number of hydrogen-bond acceptors (Lipinski definition) is 3. The Balaban J connectivity index is 2.30. The lowest BCUT2D eigenvalue weighted by Crippen LogP contribution is -2.49. The van der Waals surface area contributed by atoms with Crippen LogP contribution in [0.25, 0.3) is 0 Å². The SMILES string of the molecule is FC(F)(F)C1=NCNC2C=NC=CC12. The lowest BCUT2D eigenvalue weighted by atomic mass is 9.92. The van der Waals surface area contributed by atoms with Crippen LogP contribution in [0.4, 0.5) is 13.2 Å². The summed E-state index contributed by atoms with van der Waals surface area (Å²) in [5.74, 6) is -0.735. The Labute approximate surface area is 78.4 Å². The van der Waals surface area contributed by atoms with Gasteiger partial charge in [-0.15, -0.1) is 0 Å². The van der Waals surface area contributed by atoms with Crippen molar-refractivity contribution in [3.05, 3.63) is 12.3 Å². The summed E-state index contributed by atoms with van der Waals surface area (Å²) < 4.78 is 37.4. The lowest BCUT2D eigenvalue weighted by molar-refractivity contribution is -0.0632. The average molecular weight is 203 g/mol. The molecule has 2 aliphatic rings. The zero-order chi connectivity index (χ0) is 10.2. The van der Waals surface area contributed by atoms with Gasteiger partial charge in [-0.05, 0) is 0 Å². The topological polar surface area (TPSA) is 36.8 Å². The number of fused-ring (bicyclic) bond motifs is 1. The van der Waals surface area contributed by atoms with E-state index in [1.54, 1.807) is 0 Å². The maximum atomic E-state index is 12.5. The Morgan fingerprint density at radius 2 is 2.21 bits per heavy atom. The van der Waals surface area contributed by atoms with E-state index in [0.29, 0.717) is 0 Å². The van der Waals surface area contributed by atoms with E-state index in [9.17, 15) is 13.2 Å². The maximum Gasteiger partial charge on any atom is 0.429 e. The highest BCUT2D eigenvalue weighted by Gasteiger charge is 2.44. The van der Waals surface area contributed by atoms with Crippen molar-refractivity contribution in [3.8, 4) is 0 Å². The van der Waals surface area contributed by atoms with Crippen LogP contribution in [-0.4, -0.2) is 30.8 Å². The molecule has 2 rings (SSSR count). The van der Waals surface area contributed by atoms with E-state index in [1.165, 1.54) is 18.5 Å². The first-order chi connectivity index (χ1) is 6.59. The molecule has 14 heavy (non-hydrogen) atoms. The highest BCUT2D eigenvalue weighted by molar-refractivity contribution is 5.97. The van der Waals surface area contributed by atoms with Crippen LogP contribution < -0.4 is 5.32 Å². The molecule has 0 saturated heterocycles. The normalized spacial score (nSPS) is 31.2. The van der Waals surface area contributed by atoms with Gasteiger partial charge in [-0.1, -0.05) is 6.08 Å². The molecule has 0 saturated carbocycles. The molecule has 0 aromatic heterocycles. The van der Waals surface area contributed by atoms with E-state index in [0.717, 1.165) is 0 Å². The number of rotatable bonds is 0. The van der Waals surface area contributed by atoms with Crippen molar-refractivity contribution < 1.29 is 13.2 Å². The van der Waals surface area contributed by atoms with Gasteiger partial charge in [0.25, 0.3) is 0 Å². The molecule has 2 heterocycles. The van der Waals surface area contributed by atoms with Gasteiger partial charge in [0.1, 0.15) is 5.71 Å². The van der Waals surface area contributed by atoms with Crippen LogP contribution >= 0.6 is 0 Å². The first kappa shape index (κ1) is 9.39. The summed E-state index contributed by atoms with van der Waals surface area (Å²) in [5.41, 5.74) is -0.719. The summed E-state index contributed by atoms with van der Waals surface area (Å²) >= 11 is 0. The molecule has 0 aliphatic carbocycles. The van der Waals surface area contributed by atoms with Crippen LogP contribution in [0.2, 0.25) is 0 Å². The Bertz CT molecular complexity index is 316. The minimum Gasteiger partial charge on any atom is -0.290 e. The summed E-state index contributed by atoms with van der Waals surface area (Å²) in [6.45, 7) is -0.00410. The summed E-state index contributed by atoms with van der Waals surface area (Å²) in [5, 5.41) is 2.84. The van der Waals surface area contributed by atoms with Crippen molar-refractivity contribution in [2.45, 2.75) is 12.2 Å². The Morgan fingerprint density at radius 3 is 2.93 bits per heavy atom. The molecule has 1 N–H and O–H groups in total. The summed E-state index contributed by atoms with van der Waals surface area (Å²) in [7, 11) is 0. The van der Waals surface area contributed by atoms with Gasteiger partial charge in [0.2, 0.25) is 0 Å². The minimum absolute atomic E-state index is 0.00410. The second-order valence-corrected chi connectivity index (χ2v) is 3.09. The van der Waals surface area contributed by atoms with Gasteiger partial charge in [0.15, 0.2) is 0 Å². The summed E-state index contributed by atoms with van der Waals surface area (Å²) in [6.07, 6.45) is -0.0792. The zero-order valence-corrected chi connectivity index (χ0v) is 7.12. The average Bonchev–Trinajstić information content (AvgIpc) is 2.15. The summed E-state index contributed by atoms with van der Waals surface area (Å²) in [4.78, 5) is 7.24. The quantitative estimate of drug-likeness (QED) is 0.629. The third-order valence-corrected chi connectivity index (χ3v) is 2.20. The van der Waals surface area contributed by atoms with E-state index >= 15 is 0 Å². The lowest BCUT2D eigenvalue weighted by Gasteiger charge is -2.30.